The molecule has 0 aliphatic carbocycles. The second kappa shape index (κ2) is 11.0. The third-order valence-electron chi connectivity index (χ3n) is 4.82. The van der Waals surface area contributed by atoms with Gasteiger partial charge in [-0.1, -0.05) is 12.1 Å². The second-order valence-corrected chi connectivity index (χ2v) is 7.10. The maximum atomic E-state index is 12.6. The summed E-state index contributed by atoms with van der Waals surface area (Å²) >= 11 is 0. The fraction of sp³-hybridized carbons (Fsp3) is 0.348. The molecule has 158 valence electrons. The average Bonchev–Trinajstić information content (AvgIpc) is 3.14. The van der Waals surface area contributed by atoms with Crippen LogP contribution in [-0.4, -0.2) is 33.5 Å². The first kappa shape index (κ1) is 21.4. The summed E-state index contributed by atoms with van der Waals surface area (Å²) in [6, 6.07) is 11.4. The molecule has 7 nitrogen and oxygen atoms in total. The molecular formula is C23H28N4O3. The maximum Gasteiger partial charge on any atom is 0.332 e. The van der Waals surface area contributed by atoms with Crippen molar-refractivity contribution in [3.05, 3.63) is 77.2 Å². The van der Waals surface area contributed by atoms with E-state index in [1.807, 2.05) is 49.5 Å². The van der Waals surface area contributed by atoms with Gasteiger partial charge in [-0.2, -0.15) is 0 Å². The van der Waals surface area contributed by atoms with Gasteiger partial charge in [0.15, 0.2) is 0 Å². The molecular weight excluding hydrogens is 380 g/mol. The molecule has 0 aliphatic rings. The van der Waals surface area contributed by atoms with Gasteiger partial charge >= 0.3 is 5.69 Å². The Morgan fingerprint density at radius 3 is 2.60 bits per heavy atom. The van der Waals surface area contributed by atoms with Crippen molar-refractivity contribution in [3.8, 4) is 11.4 Å². The SMILES string of the molecule is CCO/N=C\c1ccc(OCC[C@@H](C)CCn2ccn(-c3ccncc3)c2=O)cc1. The molecule has 0 bridgehead atoms. The van der Waals surface area contributed by atoms with E-state index in [1.54, 1.807) is 33.9 Å². The predicted octanol–water partition coefficient (Wildman–Crippen LogP) is 3.90. The van der Waals surface area contributed by atoms with Crippen molar-refractivity contribution >= 4 is 6.21 Å². The van der Waals surface area contributed by atoms with Crippen LogP contribution >= 0.6 is 0 Å². The predicted molar refractivity (Wildman–Crippen MR) is 117 cm³/mol. The second-order valence-electron chi connectivity index (χ2n) is 7.10. The Bertz CT molecular complexity index is 978. The van der Waals surface area contributed by atoms with Crippen molar-refractivity contribution in [2.75, 3.05) is 13.2 Å². The van der Waals surface area contributed by atoms with Crippen LogP contribution in [0.2, 0.25) is 0 Å². The largest absolute Gasteiger partial charge is 0.494 e. The number of imidazole rings is 1. The van der Waals surface area contributed by atoms with Gasteiger partial charge in [-0.15, -0.1) is 0 Å². The number of aryl methyl sites for hydroxylation is 1. The molecule has 2 aromatic heterocycles. The van der Waals surface area contributed by atoms with E-state index in [1.165, 1.54) is 0 Å². The van der Waals surface area contributed by atoms with E-state index in [-0.39, 0.29) is 5.69 Å². The average molecular weight is 409 g/mol. The smallest absolute Gasteiger partial charge is 0.332 e. The van der Waals surface area contributed by atoms with Gasteiger partial charge in [0.2, 0.25) is 0 Å². The Kier molecular flexibility index (Phi) is 7.83. The van der Waals surface area contributed by atoms with Crippen LogP contribution in [0.3, 0.4) is 0 Å². The van der Waals surface area contributed by atoms with Crippen molar-refractivity contribution in [1.29, 1.82) is 0 Å². The summed E-state index contributed by atoms with van der Waals surface area (Å²) in [6.45, 7) is 5.96. The molecule has 1 atom stereocenters. The zero-order chi connectivity index (χ0) is 21.2. The van der Waals surface area contributed by atoms with Gasteiger partial charge in [0.25, 0.3) is 0 Å². The highest BCUT2D eigenvalue weighted by molar-refractivity contribution is 5.79. The van der Waals surface area contributed by atoms with Crippen molar-refractivity contribution in [3.63, 3.8) is 0 Å². The Balaban J connectivity index is 1.42. The molecule has 30 heavy (non-hydrogen) atoms. The van der Waals surface area contributed by atoms with Gasteiger partial charge in [0.05, 0.1) is 18.5 Å². The number of pyridine rings is 1. The van der Waals surface area contributed by atoms with E-state index in [0.717, 1.165) is 29.8 Å². The van der Waals surface area contributed by atoms with Crippen LogP contribution < -0.4 is 10.4 Å². The van der Waals surface area contributed by atoms with Crippen molar-refractivity contribution < 1.29 is 9.57 Å². The minimum atomic E-state index is -0.0300. The third kappa shape index (κ3) is 6.07. The van der Waals surface area contributed by atoms with Gasteiger partial charge in [-0.25, -0.2) is 4.79 Å². The van der Waals surface area contributed by atoms with Gasteiger partial charge in [-0.05, 0) is 67.6 Å². The number of oxime groups is 1. The molecule has 3 rings (SSSR count). The van der Waals surface area contributed by atoms with E-state index in [2.05, 4.69) is 17.1 Å². The molecule has 0 aliphatic heterocycles. The molecule has 0 saturated carbocycles. The first-order valence-electron chi connectivity index (χ1n) is 10.2. The Labute approximate surface area is 176 Å². The lowest BCUT2D eigenvalue weighted by atomic mass is 10.0. The normalized spacial score (nSPS) is 12.2. The minimum Gasteiger partial charge on any atom is -0.494 e. The zero-order valence-electron chi connectivity index (χ0n) is 17.5. The summed E-state index contributed by atoms with van der Waals surface area (Å²) in [6.07, 6.45) is 10.5. The number of aromatic nitrogens is 3. The lowest BCUT2D eigenvalue weighted by Gasteiger charge is -2.12. The molecule has 0 radical (unpaired) electrons. The lowest BCUT2D eigenvalue weighted by molar-refractivity contribution is 0.160. The Morgan fingerprint density at radius 2 is 1.87 bits per heavy atom. The number of nitrogens with zero attached hydrogens (tertiary/aromatic N) is 4. The highest BCUT2D eigenvalue weighted by Gasteiger charge is 2.08. The van der Waals surface area contributed by atoms with E-state index >= 15 is 0 Å². The van der Waals surface area contributed by atoms with Crippen LogP contribution in [0.1, 0.15) is 32.3 Å². The molecule has 0 amide bonds. The summed E-state index contributed by atoms with van der Waals surface area (Å²) < 4.78 is 9.23. The standard InChI is InChI=1S/C23H28N4O3/c1-3-30-25-18-20-4-6-22(7-5-20)29-17-11-19(2)10-14-26-15-16-27(23(26)28)21-8-12-24-13-9-21/h4-9,12-13,15-16,18-19H,3,10-11,14,17H2,1-2H3/b25-18-/t19-/m0/s1. The monoisotopic (exact) mass is 408 g/mol. The third-order valence-corrected chi connectivity index (χ3v) is 4.82. The van der Waals surface area contributed by atoms with Crippen molar-refractivity contribution in [2.45, 2.75) is 33.2 Å². The van der Waals surface area contributed by atoms with Crippen LogP contribution in [0.5, 0.6) is 5.75 Å². The number of rotatable bonds is 11. The van der Waals surface area contributed by atoms with Crippen LogP contribution in [0.15, 0.2) is 71.1 Å². The number of benzene rings is 1. The minimum absolute atomic E-state index is 0.0300. The van der Waals surface area contributed by atoms with Crippen molar-refractivity contribution in [2.24, 2.45) is 11.1 Å². The van der Waals surface area contributed by atoms with E-state index in [4.69, 9.17) is 9.57 Å². The molecule has 1 aromatic carbocycles. The lowest BCUT2D eigenvalue weighted by Crippen LogP contribution is -2.23. The molecule has 0 saturated heterocycles. The van der Waals surface area contributed by atoms with Crippen LogP contribution in [0, 0.1) is 5.92 Å². The molecule has 0 N–H and O–H groups in total. The first-order valence-corrected chi connectivity index (χ1v) is 10.2. The summed E-state index contributed by atoms with van der Waals surface area (Å²) in [5.74, 6) is 1.28. The molecule has 7 heteroatoms. The Morgan fingerprint density at radius 1 is 1.10 bits per heavy atom. The molecule has 0 fully saturated rings. The number of ether oxygens (including phenoxy) is 1. The van der Waals surface area contributed by atoms with Gasteiger partial charge in [0, 0.05) is 31.3 Å². The van der Waals surface area contributed by atoms with E-state index < -0.39 is 0 Å². The highest BCUT2D eigenvalue weighted by Crippen LogP contribution is 2.14. The topological polar surface area (TPSA) is 70.6 Å². The van der Waals surface area contributed by atoms with Crippen LogP contribution in [0.25, 0.3) is 5.69 Å². The quantitative estimate of drug-likeness (QED) is 0.356. The summed E-state index contributed by atoms with van der Waals surface area (Å²) in [4.78, 5) is 21.5. The van der Waals surface area contributed by atoms with E-state index in [0.29, 0.717) is 25.7 Å². The van der Waals surface area contributed by atoms with Gasteiger partial charge in [-0.3, -0.25) is 14.1 Å². The summed E-state index contributed by atoms with van der Waals surface area (Å²) in [7, 11) is 0. The first-order chi connectivity index (χ1) is 14.7. The van der Waals surface area contributed by atoms with Crippen LogP contribution in [-0.2, 0) is 11.4 Å². The van der Waals surface area contributed by atoms with Crippen molar-refractivity contribution in [1.82, 2.24) is 14.1 Å². The summed E-state index contributed by atoms with van der Waals surface area (Å²) in [5, 5.41) is 3.85. The molecule has 0 unspecified atom stereocenters. The maximum absolute atomic E-state index is 12.6. The summed E-state index contributed by atoms with van der Waals surface area (Å²) in [5.41, 5.74) is 1.76. The molecule has 0 spiro atoms. The fourth-order valence-corrected chi connectivity index (χ4v) is 2.99. The Hall–Kier alpha value is -3.35. The number of hydrogen-bond donors (Lipinski definition) is 0. The molecule has 2 heterocycles. The van der Waals surface area contributed by atoms with Gasteiger partial charge < -0.3 is 9.57 Å². The van der Waals surface area contributed by atoms with Crippen LogP contribution in [0.4, 0.5) is 0 Å². The number of hydrogen-bond acceptors (Lipinski definition) is 5. The zero-order valence-corrected chi connectivity index (χ0v) is 17.5. The highest BCUT2D eigenvalue weighted by atomic mass is 16.6. The fourth-order valence-electron chi connectivity index (χ4n) is 2.99. The van der Waals surface area contributed by atoms with E-state index in [9.17, 15) is 4.79 Å². The molecule has 3 aromatic rings. The van der Waals surface area contributed by atoms with Gasteiger partial charge in [0.1, 0.15) is 12.4 Å².